The molecule has 1 aromatic rings. The van der Waals surface area contributed by atoms with Crippen molar-refractivity contribution in [3.63, 3.8) is 0 Å². The largest absolute Gasteiger partial charge is 0.324 e. The summed E-state index contributed by atoms with van der Waals surface area (Å²) in [7, 11) is 1.71. The van der Waals surface area contributed by atoms with Crippen molar-refractivity contribution in [2.45, 2.75) is 32.0 Å². The molecule has 2 rings (SSSR count). The fraction of sp³-hybridized carbons (Fsp3) is 0.462. The molecular weight excluding hydrogens is 246 g/mol. The number of carbonyl (C=O) groups excluding carboxylic acids is 1. The number of hydrogen-bond donors (Lipinski definition) is 1. The van der Waals surface area contributed by atoms with Crippen LogP contribution in [0, 0.1) is 10.1 Å². The highest BCUT2D eigenvalue weighted by Gasteiger charge is 2.45. The summed E-state index contributed by atoms with van der Waals surface area (Å²) < 4.78 is 0. The van der Waals surface area contributed by atoms with E-state index in [1.165, 1.54) is 12.1 Å². The fourth-order valence-corrected chi connectivity index (χ4v) is 2.34. The van der Waals surface area contributed by atoms with Gasteiger partial charge in [0.2, 0.25) is 5.91 Å². The zero-order valence-corrected chi connectivity index (χ0v) is 11.2. The third kappa shape index (κ3) is 2.19. The lowest BCUT2D eigenvalue weighted by atomic mass is 9.99. The molecule has 0 radical (unpaired) electrons. The topological polar surface area (TPSA) is 75.5 Å². The molecule has 1 fully saturated rings. The summed E-state index contributed by atoms with van der Waals surface area (Å²) in [6, 6.07) is 6.37. The van der Waals surface area contributed by atoms with E-state index < -0.39 is 10.5 Å². The van der Waals surface area contributed by atoms with Gasteiger partial charge in [0.25, 0.3) is 5.69 Å². The Morgan fingerprint density at radius 3 is 2.74 bits per heavy atom. The Kier molecular flexibility index (Phi) is 3.28. The predicted octanol–water partition coefficient (Wildman–Crippen LogP) is 1.82. The van der Waals surface area contributed by atoms with Crippen molar-refractivity contribution in [3.05, 3.63) is 39.9 Å². The maximum atomic E-state index is 12.2. The number of benzene rings is 1. The molecule has 2 atom stereocenters. The Labute approximate surface area is 111 Å². The van der Waals surface area contributed by atoms with Crippen molar-refractivity contribution in [3.8, 4) is 0 Å². The van der Waals surface area contributed by atoms with E-state index in [4.69, 9.17) is 0 Å². The SMILES string of the molecule is CCC1(C)NC(c2cccc([N+](=O)[O-])c2)N(C)C1=O. The smallest absolute Gasteiger partial charge is 0.269 e. The standard InChI is InChI=1S/C13H17N3O3/c1-4-13(2)12(17)15(3)11(14-13)9-6-5-7-10(8-9)16(18)19/h5-8,11,14H,4H2,1-3H3. The highest BCUT2D eigenvalue weighted by atomic mass is 16.6. The molecule has 1 saturated heterocycles. The average molecular weight is 263 g/mol. The van der Waals surface area contributed by atoms with E-state index in [1.807, 2.05) is 13.8 Å². The van der Waals surface area contributed by atoms with Gasteiger partial charge in [-0.2, -0.15) is 0 Å². The maximum Gasteiger partial charge on any atom is 0.269 e. The highest BCUT2D eigenvalue weighted by molar-refractivity contribution is 5.88. The minimum Gasteiger partial charge on any atom is -0.324 e. The summed E-state index contributed by atoms with van der Waals surface area (Å²) in [5.41, 5.74) is 0.150. The van der Waals surface area contributed by atoms with Crippen LogP contribution in [0.25, 0.3) is 0 Å². The van der Waals surface area contributed by atoms with Gasteiger partial charge in [0.1, 0.15) is 6.17 Å². The summed E-state index contributed by atoms with van der Waals surface area (Å²) in [6.45, 7) is 3.79. The molecule has 0 saturated carbocycles. The van der Waals surface area contributed by atoms with Crippen molar-refractivity contribution >= 4 is 11.6 Å². The molecule has 1 heterocycles. The number of nitrogens with zero attached hydrogens (tertiary/aromatic N) is 2. The molecule has 102 valence electrons. The summed E-state index contributed by atoms with van der Waals surface area (Å²) in [6.07, 6.45) is 0.346. The molecule has 0 aromatic heterocycles. The molecule has 1 aliphatic rings. The zero-order valence-electron chi connectivity index (χ0n) is 11.2. The Morgan fingerprint density at radius 1 is 1.53 bits per heavy atom. The molecule has 0 bridgehead atoms. The minimum atomic E-state index is -0.607. The first-order valence-corrected chi connectivity index (χ1v) is 6.18. The van der Waals surface area contributed by atoms with E-state index >= 15 is 0 Å². The van der Waals surface area contributed by atoms with Crippen LogP contribution in [-0.4, -0.2) is 28.3 Å². The van der Waals surface area contributed by atoms with Gasteiger partial charge in [-0.3, -0.25) is 20.2 Å². The molecule has 6 nitrogen and oxygen atoms in total. The van der Waals surface area contributed by atoms with Gasteiger partial charge in [0, 0.05) is 19.2 Å². The van der Waals surface area contributed by atoms with Gasteiger partial charge < -0.3 is 4.90 Å². The number of nitro groups is 1. The van der Waals surface area contributed by atoms with Crippen LogP contribution >= 0.6 is 0 Å². The highest BCUT2D eigenvalue weighted by Crippen LogP contribution is 2.32. The molecule has 0 aliphatic carbocycles. The molecule has 6 heteroatoms. The Hall–Kier alpha value is -1.95. The van der Waals surface area contributed by atoms with Crippen LogP contribution < -0.4 is 5.32 Å². The lowest BCUT2D eigenvalue weighted by molar-refractivity contribution is -0.385. The number of nitro benzene ring substituents is 1. The van der Waals surface area contributed by atoms with Gasteiger partial charge in [-0.1, -0.05) is 19.1 Å². The van der Waals surface area contributed by atoms with E-state index in [1.54, 1.807) is 24.1 Å². The number of hydrogen-bond acceptors (Lipinski definition) is 4. The second-order valence-corrected chi connectivity index (χ2v) is 5.00. The number of nitrogens with one attached hydrogen (secondary N) is 1. The van der Waals surface area contributed by atoms with Gasteiger partial charge in [-0.25, -0.2) is 0 Å². The minimum absolute atomic E-state index is 0.00602. The third-order valence-electron chi connectivity index (χ3n) is 3.74. The third-order valence-corrected chi connectivity index (χ3v) is 3.74. The zero-order chi connectivity index (χ0) is 14.2. The first kappa shape index (κ1) is 13.5. The van der Waals surface area contributed by atoms with Gasteiger partial charge >= 0.3 is 0 Å². The quantitative estimate of drug-likeness (QED) is 0.666. The van der Waals surface area contributed by atoms with Crippen molar-refractivity contribution in [2.24, 2.45) is 0 Å². The second kappa shape index (κ2) is 4.62. The molecule has 1 N–H and O–H groups in total. The van der Waals surface area contributed by atoms with Crippen LogP contribution in [0.5, 0.6) is 0 Å². The first-order chi connectivity index (χ1) is 8.89. The van der Waals surface area contributed by atoms with E-state index in [2.05, 4.69) is 5.32 Å². The molecule has 2 unspecified atom stereocenters. The molecule has 19 heavy (non-hydrogen) atoms. The molecule has 1 aromatic carbocycles. The van der Waals surface area contributed by atoms with Gasteiger partial charge in [-0.05, 0) is 18.9 Å². The number of likely N-dealkylation sites (N-methyl/N-ethyl adjacent to an activating group) is 1. The average Bonchev–Trinajstić information content (AvgIpc) is 2.64. The Bertz CT molecular complexity index is 532. The lowest BCUT2D eigenvalue weighted by Crippen LogP contribution is -2.42. The van der Waals surface area contributed by atoms with Gasteiger partial charge in [0.05, 0.1) is 10.5 Å². The Balaban J connectivity index is 2.35. The molecule has 1 aliphatic heterocycles. The van der Waals surface area contributed by atoms with Crippen molar-refractivity contribution in [1.82, 2.24) is 10.2 Å². The van der Waals surface area contributed by atoms with Crippen molar-refractivity contribution < 1.29 is 9.72 Å². The van der Waals surface area contributed by atoms with Crippen LogP contribution in [0.1, 0.15) is 32.0 Å². The summed E-state index contributed by atoms with van der Waals surface area (Å²) in [5.74, 6) is 0.00602. The molecule has 1 amide bonds. The van der Waals surface area contributed by atoms with E-state index in [-0.39, 0.29) is 17.8 Å². The van der Waals surface area contributed by atoms with Crippen molar-refractivity contribution in [2.75, 3.05) is 7.05 Å². The summed E-state index contributed by atoms with van der Waals surface area (Å²) >= 11 is 0. The maximum absolute atomic E-state index is 12.2. The van der Waals surface area contributed by atoms with Crippen LogP contribution in [0.4, 0.5) is 5.69 Å². The predicted molar refractivity (Wildman–Crippen MR) is 70.4 cm³/mol. The van der Waals surface area contributed by atoms with Crippen LogP contribution in [0.3, 0.4) is 0 Å². The number of rotatable bonds is 3. The first-order valence-electron chi connectivity index (χ1n) is 6.18. The summed E-state index contributed by atoms with van der Waals surface area (Å²) in [4.78, 5) is 24.2. The summed E-state index contributed by atoms with van der Waals surface area (Å²) in [5, 5.41) is 14.1. The van der Waals surface area contributed by atoms with Crippen molar-refractivity contribution in [1.29, 1.82) is 0 Å². The second-order valence-electron chi connectivity index (χ2n) is 5.00. The lowest BCUT2D eigenvalue weighted by Gasteiger charge is -2.20. The molecule has 0 spiro atoms. The fourth-order valence-electron chi connectivity index (χ4n) is 2.34. The van der Waals surface area contributed by atoms with Crippen LogP contribution in [0.15, 0.2) is 24.3 Å². The number of carbonyl (C=O) groups is 1. The molecular formula is C13H17N3O3. The van der Waals surface area contributed by atoms with Crippen LogP contribution in [-0.2, 0) is 4.79 Å². The van der Waals surface area contributed by atoms with Crippen LogP contribution in [0.2, 0.25) is 0 Å². The number of amides is 1. The number of non-ortho nitro benzene ring substituents is 1. The van der Waals surface area contributed by atoms with E-state index in [0.29, 0.717) is 6.42 Å². The van der Waals surface area contributed by atoms with Gasteiger partial charge in [-0.15, -0.1) is 0 Å². The Morgan fingerprint density at radius 2 is 2.21 bits per heavy atom. The van der Waals surface area contributed by atoms with Gasteiger partial charge in [0.15, 0.2) is 0 Å². The normalized spacial score (nSPS) is 26.8. The van der Waals surface area contributed by atoms with E-state index in [0.717, 1.165) is 5.56 Å². The monoisotopic (exact) mass is 263 g/mol. The van der Waals surface area contributed by atoms with E-state index in [9.17, 15) is 14.9 Å².